The number of rotatable bonds is 3. The van der Waals surface area contributed by atoms with Crippen molar-refractivity contribution < 1.29 is 22.4 Å². The fourth-order valence-corrected chi connectivity index (χ4v) is 1.81. The van der Waals surface area contributed by atoms with Crippen molar-refractivity contribution >= 4 is 9.84 Å². The van der Waals surface area contributed by atoms with Gasteiger partial charge in [0.1, 0.15) is 16.5 Å². The first kappa shape index (κ1) is 12.0. The maximum Gasteiger partial charge on any atom is 0.178 e. The first-order valence-electron chi connectivity index (χ1n) is 3.91. The third kappa shape index (κ3) is 2.71. The van der Waals surface area contributed by atoms with Crippen LogP contribution in [0.5, 0.6) is 0 Å². The zero-order valence-electron chi connectivity index (χ0n) is 7.79. The SMILES string of the molecule is CS(=O)(=O)c1cc(F)c(CNO)cc1F. The highest BCUT2D eigenvalue weighted by Gasteiger charge is 2.17. The average molecular weight is 237 g/mol. The predicted molar refractivity (Wildman–Crippen MR) is 48.1 cm³/mol. The molecule has 7 heteroatoms. The third-order valence-electron chi connectivity index (χ3n) is 1.77. The molecule has 1 aromatic rings. The first-order chi connectivity index (χ1) is 6.86. The van der Waals surface area contributed by atoms with Gasteiger partial charge in [0.2, 0.25) is 0 Å². The van der Waals surface area contributed by atoms with E-state index in [0.29, 0.717) is 6.07 Å². The lowest BCUT2D eigenvalue weighted by Crippen LogP contribution is -2.10. The summed E-state index contributed by atoms with van der Waals surface area (Å²) < 4.78 is 48.4. The van der Waals surface area contributed by atoms with Gasteiger partial charge in [-0.15, -0.1) is 0 Å². The van der Waals surface area contributed by atoms with E-state index in [9.17, 15) is 17.2 Å². The van der Waals surface area contributed by atoms with Gasteiger partial charge in [0.05, 0.1) is 0 Å². The molecule has 84 valence electrons. The summed E-state index contributed by atoms with van der Waals surface area (Å²) in [6, 6.07) is 1.33. The van der Waals surface area contributed by atoms with Gasteiger partial charge in [0, 0.05) is 18.4 Å². The molecule has 1 aromatic carbocycles. The molecule has 15 heavy (non-hydrogen) atoms. The Bertz CT molecular complexity index is 473. The van der Waals surface area contributed by atoms with Crippen molar-refractivity contribution in [2.24, 2.45) is 0 Å². The summed E-state index contributed by atoms with van der Waals surface area (Å²) in [7, 11) is -3.79. The third-order valence-corrected chi connectivity index (χ3v) is 2.88. The number of hydrogen-bond donors (Lipinski definition) is 2. The molecular formula is C8H9F2NO3S. The van der Waals surface area contributed by atoms with Gasteiger partial charge in [-0.3, -0.25) is 0 Å². The summed E-state index contributed by atoms with van der Waals surface area (Å²) >= 11 is 0. The van der Waals surface area contributed by atoms with E-state index in [1.165, 1.54) is 0 Å². The van der Waals surface area contributed by atoms with Crippen LogP contribution in [0.2, 0.25) is 0 Å². The minimum Gasteiger partial charge on any atom is -0.316 e. The summed E-state index contributed by atoms with van der Waals surface area (Å²) in [5, 5.41) is 8.31. The van der Waals surface area contributed by atoms with Gasteiger partial charge in [-0.2, -0.15) is 0 Å². The van der Waals surface area contributed by atoms with Crippen LogP contribution in [0.15, 0.2) is 17.0 Å². The smallest absolute Gasteiger partial charge is 0.178 e. The van der Waals surface area contributed by atoms with Gasteiger partial charge < -0.3 is 5.21 Å². The molecule has 0 unspecified atom stereocenters. The molecule has 0 fully saturated rings. The van der Waals surface area contributed by atoms with E-state index in [-0.39, 0.29) is 12.1 Å². The van der Waals surface area contributed by atoms with Crippen LogP contribution in [-0.2, 0) is 16.4 Å². The highest BCUT2D eigenvalue weighted by molar-refractivity contribution is 7.90. The van der Waals surface area contributed by atoms with E-state index in [1.807, 2.05) is 0 Å². The van der Waals surface area contributed by atoms with Crippen molar-refractivity contribution in [3.63, 3.8) is 0 Å². The Kier molecular flexibility index (Phi) is 3.38. The zero-order chi connectivity index (χ0) is 11.6. The Morgan fingerprint density at radius 3 is 2.40 bits per heavy atom. The average Bonchev–Trinajstić information content (AvgIpc) is 2.09. The molecule has 0 aromatic heterocycles. The van der Waals surface area contributed by atoms with Gasteiger partial charge in [-0.1, -0.05) is 0 Å². The Hall–Kier alpha value is -1.05. The highest BCUT2D eigenvalue weighted by Crippen LogP contribution is 2.19. The van der Waals surface area contributed by atoms with Crippen molar-refractivity contribution in [2.45, 2.75) is 11.4 Å². The molecule has 0 aliphatic rings. The number of hydroxylamine groups is 1. The highest BCUT2D eigenvalue weighted by atomic mass is 32.2. The number of benzene rings is 1. The quantitative estimate of drug-likeness (QED) is 0.765. The first-order valence-corrected chi connectivity index (χ1v) is 5.80. The van der Waals surface area contributed by atoms with Crippen LogP contribution in [-0.4, -0.2) is 19.9 Å². The van der Waals surface area contributed by atoms with Gasteiger partial charge in [0.15, 0.2) is 9.84 Å². The Balaban J connectivity index is 3.32. The van der Waals surface area contributed by atoms with Crippen molar-refractivity contribution in [2.75, 3.05) is 6.26 Å². The maximum absolute atomic E-state index is 13.2. The van der Waals surface area contributed by atoms with E-state index in [4.69, 9.17) is 5.21 Å². The Labute approximate surface area is 85.4 Å². The summed E-state index contributed by atoms with van der Waals surface area (Å²) in [4.78, 5) is -0.693. The molecule has 0 saturated carbocycles. The molecule has 0 bridgehead atoms. The zero-order valence-corrected chi connectivity index (χ0v) is 8.61. The molecule has 4 nitrogen and oxygen atoms in total. The molecule has 0 spiro atoms. The molecule has 2 N–H and O–H groups in total. The van der Waals surface area contributed by atoms with Crippen LogP contribution in [0.4, 0.5) is 8.78 Å². The minimum absolute atomic E-state index is 0.151. The lowest BCUT2D eigenvalue weighted by atomic mass is 10.2. The second-order valence-corrected chi connectivity index (χ2v) is 4.97. The molecule has 0 radical (unpaired) electrons. The van der Waals surface area contributed by atoms with Crippen molar-refractivity contribution in [3.8, 4) is 0 Å². The van der Waals surface area contributed by atoms with E-state index >= 15 is 0 Å². The molecular weight excluding hydrogens is 228 g/mol. The lowest BCUT2D eigenvalue weighted by Gasteiger charge is -2.05. The van der Waals surface area contributed by atoms with Gasteiger partial charge >= 0.3 is 0 Å². The van der Waals surface area contributed by atoms with E-state index < -0.39 is 26.4 Å². The Morgan fingerprint density at radius 1 is 1.33 bits per heavy atom. The van der Waals surface area contributed by atoms with E-state index in [0.717, 1.165) is 12.3 Å². The standard InChI is InChI=1S/C8H9F2NO3S/c1-15(13,14)8-3-6(9)5(4-11-12)2-7(8)10/h2-3,11-12H,4H2,1H3. The molecule has 0 amide bonds. The molecule has 0 heterocycles. The minimum atomic E-state index is -3.79. The number of halogens is 2. The number of nitrogens with one attached hydrogen (secondary N) is 1. The molecule has 0 saturated heterocycles. The Morgan fingerprint density at radius 2 is 1.93 bits per heavy atom. The molecule has 0 aliphatic carbocycles. The summed E-state index contributed by atoms with van der Waals surface area (Å²) in [5.41, 5.74) is 1.50. The van der Waals surface area contributed by atoms with Crippen LogP contribution in [0, 0.1) is 11.6 Å². The van der Waals surface area contributed by atoms with Crippen LogP contribution in [0.3, 0.4) is 0 Å². The summed E-state index contributed by atoms with van der Waals surface area (Å²) in [6.07, 6.45) is 0.787. The largest absolute Gasteiger partial charge is 0.316 e. The fourth-order valence-electron chi connectivity index (χ4n) is 1.07. The fraction of sp³-hybridized carbons (Fsp3) is 0.250. The lowest BCUT2D eigenvalue weighted by molar-refractivity contribution is 0.160. The second kappa shape index (κ2) is 4.21. The molecule has 0 aliphatic heterocycles. The van der Waals surface area contributed by atoms with Crippen LogP contribution < -0.4 is 5.48 Å². The topological polar surface area (TPSA) is 66.4 Å². The van der Waals surface area contributed by atoms with Crippen LogP contribution >= 0.6 is 0 Å². The van der Waals surface area contributed by atoms with Crippen molar-refractivity contribution in [3.05, 3.63) is 29.3 Å². The van der Waals surface area contributed by atoms with E-state index in [1.54, 1.807) is 5.48 Å². The van der Waals surface area contributed by atoms with Gasteiger partial charge in [-0.05, 0) is 12.1 Å². The van der Waals surface area contributed by atoms with E-state index in [2.05, 4.69) is 0 Å². The van der Waals surface area contributed by atoms with Crippen LogP contribution in [0.1, 0.15) is 5.56 Å². The second-order valence-electron chi connectivity index (χ2n) is 2.98. The van der Waals surface area contributed by atoms with Crippen LogP contribution in [0.25, 0.3) is 0 Å². The van der Waals surface area contributed by atoms with Crippen molar-refractivity contribution in [1.29, 1.82) is 0 Å². The molecule has 0 atom stereocenters. The number of sulfone groups is 1. The van der Waals surface area contributed by atoms with Crippen molar-refractivity contribution in [1.82, 2.24) is 5.48 Å². The molecule has 1 rings (SSSR count). The number of hydrogen-bond acceptors (Lipinski definition) is 4. The monoisotopic (exact) mass is 237 g/mol. The van der Waals surface area contributed by atoms with Gasteiger partial charge in [-0.25, -0.2) is 22.7 Å². The van der Waals surface area contributed by atoms with Gasteiger partial charge in [0.25, 0.3) is 0 Å². The normalized spacial score (nSPS) is 11.7. The summed E-state index contributed by atoms with van der Waals surface area (Å²) in [6.45, 7) is -0.299. The predicted octanol–water partition coefficient (Wildman–Crippen LogP) is 0.847. The summed E-state index contributed by atoms with van der Waals surface area (Å²) in [5.74, 6) is -1.93. The maximum atomic E-state index is 13.2.